The fourth-order valence-corrected chi connectivity index (χ4v) is 2.23. The molecule has 0 amide bonds. The molecule has 0 fully saturated rings. The maximum absolute atomic E-state index is 12.3. The van der Waals surface area contributed by atoms with E-state index >= 15 is 0 Å². The number of phenols is 1. The van der Waals surface area contributed by atoms with Gasteiger partial charge in [-0.15, -0.1) is 0 Å². The lowest BCUT2D eigenvalue weighted by Gasteiger charge is -2.01. The van der Waals surface area contributed by atoms with E-state index in [2.05, 4.69) is 14.4 Å². The normalized spacial score (nSPS) is 11.8. The summed E-state index contributed by atoms with van der Waals surface area (Å²) >= 11 is 11.5. The number of hydrogen-bond donors (Lipinski definition) is 1. The van der Waals surface area contributed by atoms with Crippen molar-refractivity contribution in [3.05, 3.63) is 46.4 Å². The van der Waals surface area contributed by atoms with Gasteiger partial charge in [0.15, 0.2) is 5.75 Å². The Morgan fingerprint density at radius 1 is 1.00 bits per heavy atom. The van der Waals surface area contributed by atoms with Crippen molar-refractivity contribution < 1.29 is 21.6 Å². The van der Waals surface area contributed by atoms with Crippen molar-refractivity contribution in [3.63, 3.8) is 0 Å². The second-order valence-electron chi connectivity index (χ2n) is 3.93. The molecule has 0 aliphatic rings. The van der Waals surface area contributed by atoms with E-state index in [0.717, 1.165) is 0 Å². The van der Waals surface area contributed by atoms with Gasteiger partial charge in [-0.2, -0.15) is 18.6 Å². The Morgan fingerprint density at radius 2 is 1.50 bits per heavy atom. The molecule has 0 aliphatic heterocycles. The van der Waals surface area contributed by atoms with Crippen LogP contribution in [0.15, 0.2) is 46.6 Å². The summed E-state index contributed by atoms with van der Waals surface area (Å²) in [6.45, 7) is 0. The van der Waals surface area contributed by atoms with Gasteiger partial charge in [0.1, 0.15) is 5.75 Å². The van der Waals surface area contributed by atoms with E-state index in [9.17, 15) is 17.4 Å². The number of benzene rings is 2. The molecule has 0 unspecified atom stereocenters. The molecule has 0 bridgehead atoms. The highest BCUT2D eigenvalue weighted by molar-refractivity contribution is 7.81. The predicted octanol–water partition coefficient (Wildman–Crippen LogP) is 4.71. The monoisotopic (exact) mass is 364 g/mol. The first-order chi connectivity index (χ1) is 10.2. The molecule has 2 aromatic rings. The molecule has 10 heteroatoms. The minimum atomic E-state index is -5.07. The third-order valence-corrected chi connectivity index (χ3v) is 3.28. The quantitative estimate of drug-likeness (QED) is 0.628. The molecule has 1 N–H and O–H groups in total. The molecule has 0 spiro atoms. The smallest absolute Gasteiger partial charge is 0.488 e. The average molecular weight is 365 g/mol. The Hall–Kier alpha value is -1.90. The van der Waals surface area contributed by atoms with Crippen LogP contribution in [-0.4, -0.2) is 13.5 Å². The van der Waals surface area contributed by atoms with Crippen molar-refractivity contribution in [3.8, 4) is 11.5 Å². The second kappa shape index (κ2) is 6.47. The van der Waals surface area contributed by atoms with Crippen LogP contribution >= 0.6 is 23.2 Å². The standard InChI is InChI=1S/C12H7Cl2FN2O4S/c13-10-5-8(6-11(14)12(10)18)17-16-7-1-3-9(4-2-7)21-22(15,19)20/h1-6,18H/b17-16+. The summed E-state index contributed by atoms with van der Waals surface area (Å²) in [5.74, 6) is -0.451. The summed E-state index contributed by atoms with van der Waals surface area (Å²) in [5, 5.41) is 17.2. The molecule has 22 heavy (non-hydrogen) atoms. The molecule has 0 aromatic heterocycles. The van der Waals surface area contributed by atoms with Gasteiger partial charge < -0.3 is 9.29 Å². The number of azo groups is 1. The fraction of sp³-hybridized carbons (Fsp3) is 0. The van der Waals surface area contributed by atoms with E-state index in [1.165, 1.54) is 36.4 Å². The summed E-state index contributed by atoms with van der Waals surface area (Å²) in [5.41, 5.74) is 0.656. The molecule has 2 rings (SSSR count). The van der Waals surface area contributed by atoms with Gasteiger partial charge in [0, 0.05) is 0 Å². The van der Waals surface area contributed by atoms with Crippen LogP contribution in [0.2, 0.25) is 10.0 Å². The van der Waals surface area contributed by atoms with E-state index in [1.807, 2.05) is 0 Å². The van der Waals surface area contributed by atoms with E-state index in [1.54, 1.807) is 0 Å². The van der Waals surface area contributed by atoms with E-state index < -0.39 is 10.5 Å². The Bertz CT molecular complexity index is 803. The first-order valence-corrected chi connectivity index (χ1v) is 7.65. The molecule has 0 saturated carbocycles. The van der Waals surface area contributed by atoms with Crippen LogP contribution in [0.1, 0.15) is 0 Å². The highest BCUT2D eigenvalue weighted by Gasteiger charge is 2.09. The third-order valence-electron chi connectivity index (χ3n) is 2.32. The maximum atomic E-state index is 12.3. The van der Waals surface area contributed by atoms with Crippen molar-refractivity contribution in [2.75, 3.05) is 0 Å². The van der Waals surface area contributed by atoms with Gasteiger partial charge in [0.2, 0.25) is 0 Å². The van der Waals surface area contributed by atoms with Crippen molar-refractivity contribution in [2.24, 2.45) is 10.2 Å². The van der Waals surface area contributed by atoms with E-state index in [-0.39, 0.29) is 21.5 Å². The van der Waals surface area contributed by atoms with Gasteiger partial charge >= 0.3 is 10.5 Å². The Labute approximate surface area is 135 Å². The largest absolute Gasteiger partial charge is 0.505 e. The molecule has 0 radical (unpaired) electrons. The van der Waals surface area contributed by atoms with Gasteiger partial charge in [-0.3, -0.25) is 0 Å². The topological polar surface area (TPSA) is 88.3 Å². The Kier molecular flexibility index (Phi) is 4.84. The lowest BCUT2D eigenvalue weighted by atomic mass is 10.3. The summed E-state index contributed by atoms with van der Waals surface area (Å²) in [6, 6.07) is 7.88. The summed E-state index contributed by atoms with van der Waals surface area (Å²) in [7, 11) is -5.07. The first-order valence-electron chi connectivity index (χ1n) is 5.58. The number of nitrogens with zero attached hydrogens (tertiary/aromatic N) is 2. The zero-order valence-electron chi connectivity index (χ0n) is 10.6. The van der Waals surface area contributed by atoms with Crippen LogP contribution in [0.25, 0.3) is 0 Å². The summed E-state index contributed by atoms with van der Waals surface area (Å²) in [4.78, 5) is 0. The summed E-state index contributed by atoms with van der Waals surface area (Å²) < 4.78 is 37.0. The number of halogens is 3. The molecule has 0 aliphatic carbocycles. The van der Waals surface area contributed by atoms with E-state index in [0.29, 0.717) is 11.4 Å². The third kappa shape index (κ3) is 4.55. The van der Waals surface area contributed by atoms with Gasteiger partial charge in [-0.25, -0.2) is 0 Å². The lowest BCUT2D eigenvalue weighted by molar-refractivity contribution is 0.440. The SMILES string of the molecule is O=S(=O)(F)Oc1ccc(/N=N/c2cc(Cl)c(O)c(Cl)c2)cc1. The maximum Gasteiger partial charge on any atom is 0.488 e. The van der Waals surface area contributed by atoms with Crippen LogP contribution in [0.4, 0.5) is 15.3 Å². The number of rotatable bonds is 4. The molecule has 2 aromatic carbocycles. The van der Waals surface area contributed by atoms with Crippen molar-refractivity contribution >= 4 is 45.1 Å². The second-order valence-corrected chi connectivity index (χ2v) is 5.70. The van der Waals surface area contributed by atoms with Crippen LogP contribution < -0.4 is 4.18 Å². The Balaban J connectivity index is 2.17. The molecule has 6 nitrogen and oxygen atoms in total. The predicted molar refractivity (Wildman–Crippen MR) is 79.4 cm³/mol. The van der Waals surface area contributed by atoms with Crippen LogP contribution in [-0.2, 0) is 10.5 Å². The molecule has 0 heterocycles. The zero-order chi connectivity index (χ0) is 16.3. The molecule has 116 valence electrons. The van der Waals surface area contributed by atoms with Crippen LogP contribution in [0.3, 0.4) is 0 Å². The Morgan fingerprint density at radius 3 is 2.00 bits per heavy atom. The highest BCUT2D eigenvalue weighted by Crippen LogP contribution is 2.36. The molecular weight excluding hydrogens is 358 g/mol. The van der Waals surface area contributed by atoms with Gasteiger partial charge in [-0.05, 0) is 36.4 Å². The van der Waals surface area contributed by atoms with Crippen LogP contribution in [0, 0.1) is 0 Å². The number of phenolic OH excluding ortho intramolecular Hbond substituents is 1. The van der Waals surface area contributed by atoms with Gasteiger partial charge in [-0.1, -0.05) is 27.1 Å². The van der Waals surface area contributed by atoms with Crippen molar-refractivity contribution in [1.29, 1.82) is 0 Å². The first kappa shape index (κ1) is 16.5. The number of aromatic hydroxyl groups is 1. The van der Waals surface area contributed by atoms with Gasteiger partial charge in [0.25, 0.3) is 0 Å². The molecular formula is C12H7Cl2FN2O4S. The number of hydrogen-bond acceptors (Lipinski definition) is 6. The van der Waals surface area contributed by atoms with Gasteiger partial charge in [0.05, 0.1) is 21.4 Å². The van der Waals surface area contributed by atoms with Crippen molar-refractivity contribution in [1.82, 2.24) is 0 Å². The fourth-order valence-electron chi connectivity index (χ4n) is 1.41. The molecule has 0 atom stereocenters. The van der Waals surface area contributed by atoms with E-state index in [4.69, 9.17) is 23.2 Å². The lowest BCUT2D eigenvalue weighted by Crippen LogP contribution is -2.00. The highest BCUT2D eigenvalue weighted by atomic mass is 35.5. The average Bonchev–Trinajstić information content (AvgIpc) is 2.42. The van der Waals surface area contributed by atoms with Crippen molar-refractivity contribution in [2.45, 2.75) is 0 Å². The van der Waals surface area contributed by atoms with Crippen LogP contribution in [0.5, 0.6) is 11.5 Å². The zero-order valence-corrected chi connectivity index (χ0v) is 12.9. The summed E-state index contributed by atoms with van der Waals surface area (Å²) in [6.07, 6.45) is 0. The minimum Gasteiger partial charge on any atom is -0.505 e. The molecule has 0 saturated heterocycles. The minimum absolute atomic E-state index is 0.0263.